The van der Waals surface area contributed by atoms with Crippen LogP contribution in [-0.4, -0.2) is 20.4 Å². The predicted octanol–water partition coefficient (Wildman–Crippen LogP) is 6.99. The highest BCUT2D eigenvalue weighted by Gasteiger charge is 1.99. The molecule has 0 unspecified atom stereocenters. The lowest BCUT2D eigenvalue weighted by atomic mass is 10.2. The van der Waals surface area contributed by atoms with Crippen molar-refractivity contribution >= 4 is 70.6 Å². The van der Waals surface area contributed by atoms with Gasteiger partial charge in [-0.15, -0.1) is 0 Å². The van der Waals surface area contributed by atoms with Gasteiger partial charge >= 0.3 is 0 Å². The molecule has 4 nitrogen and oxygen atoms in total. The molecule has 0 aliphatic carbocycles. The summed E-state index contributed by atoms with van der Waals surface area (Å²) in [5.41, 5.74) is 2.61. The minimum Gasteiger partial charge on any atom is -0.257 e. The molecule has 2 aromatic carbocycles. The molecular formula is C18H16N4S6. The van der Waals surface area contributed by atoms with Crippen LogP contribution in [0.1, 0.15) is 11.1 Å². The van der Waals surface area contributed by atoms with Crippen molar-refractivity contribution in [2.45, 2.75) is 20.2 Å². The van der Waals surface area contributed by atoms with Gasteiger partial charge in [-0.3, -0.25) is 10.2 Å². The summed E-state index contributed by atoms with van der Waals surface area (Å²) >= 11 is 16.3. The summed E-state index contributed by atoms with van der Waals surface area (Å²) in [6.07, 6.45) is 0. The average Bonchev–Trinajstić information content (AvgIpc) is 3.35. The second-order valence-electron chi connectivity index (χ2n) is 5.31. The van der Waals surface area contributed by atoms with E-state index in [1.807, 2.05) is 36.4 Å². The van der Waals surface area contributed by atoms with Crippen LogP contribution in [-0.2, 0) is 11.5 Å². The van der Waals surface area contributed by atoms with Gasteiger partial charge in [-0.05, 0) is 35.6 Å². The minimum absolute atomic E-state index is 0.737. The monoisotopic (exact) mass is 480 g/mol. The Labute approximate surface area is 189 Å². The number of aromatic nitrogens is 4. The van der Waals surface area contributed by atoms with Crippen molar-refractivity contribution in [2.75, 3.05) is 0 Å². The third-order valence-corrected chi connectivity index (χ3v) is 7.85. The van der Waals surface area contributed by atoms with Gasteiger partial charge in [0.15, 0.2) is 16.6 Å². The number of aromatic amines is 2. The van der Waals surface area contributed by atoms with Gasteiger partial charge in [0.1, 0.15) is 0 Å². The Bertz CT molecular complexity index is 980. The Morgan fingerprint density at radius 1 is 0.679 bits per heavy atom. The van der Waals surface area contributed by atoms with Crippen LogP contribution in [0.15, 0.2) is 69.3 Å². The number of nitrogens with zero attached hydrogens (tertiary/aromatic N) is 2. The summed E-state index contributed by atoms with van der Waals surface area (Å²) in [6, 6.07) is 20.7. The first kappa shape index (κ1) is 21.4. The van der Waals surface area contributed by atoms with Crippen LogP contribution < -0.4 is 0 Å². The van der Waals surface area contributed by atoms with Crippen molar-refractivity contribution in [2.24, 2.45) is 0 Å². The van der Waals surface area contributed by atoms with Crippen LogP contribution in [0.25, 0.3) is 0 Å². The van der Waals surface area contributed by atoms with Crippen molar-refractivity contribution in [3.63, 3.8) is 0 Å². The standard InChI is InChI=1S/2C9H8N2S3/c2*12-8-10-11-9(14-8)13-6-7-4-2-1-3-5-7/h2*1-5H,6H2,(H,10,12). The van der Waals surface area contributed by atoms with Crippen LogP contribution in [0, 0.1) is 7.91 Å². The highest BCUT2D eigenvalue weighted by atomic mass is 32.2. The average molecular weight is 481 g/mol. The lowest BCUT2D eigenvalue weighted by Gasteiger charge is -1.96. The highest BCUT2D eigenvalue weighted by molar-refractivity contribution is 8.00. The molecule has 2 N–H and O–H groups in total. The van der Waals surface area contributed by atoms with E-state index in [2.05, 4.69) is 44.7 Å². The molecule has 0 aliphatic heterocycles. The SMILES string of the molecule is S=c1[nH]nc(SCc2ccccc2)s1.S=c1[nH]nc(SCc2ccccc2)s1. The van der Waals surface area contributed by atoms with E-state index in [1.165, 1.54) is 33.8 Å². The summed E-state index contributed by atoms with van der Waals surface area (Å²) in [5.74, 6) is 1.88. The van der Waals surface area contributed by atoms with Crippen LogP contribution in [0.4, 0.5) is 0 Å². The zero-order valence-electron chi connectivity index (χ0n) is 14.5. The highest BCUT2D eigenvalue weighted by Crippen LogP contribution is 2.25. The maximum Gasteiger partial charge on any atom is 0.177 e. The first-order valence-corrected chi connectivity index (χ1v) is 12.6. The zero-order valence-corrected chi connectivity index (χ0v) is 19.4. The van der Waals surface area contributed by atoms with Crippen LogP contribution in [0.3, 0.4) is 0 Å². The molecule has 4 rings (SSSR count). The molecule has 0 saturated heterocycles. The minimum atomic E-state index is 0.737. The fraction of sp³-hybridized carbons (Fsp3) is 0.111. The number of H-pyrrole nitrogens is 2. The molecule has 0 saturated carbocycles. The molecule has 2 heterocycles. The van der Waals surface area contributed by atoms with E-state index in [4.69, 9.17) is 24.4 Å². The van der Waals surface area contributed by atoms with Crippen molar-refractivity contribution < 1.29 is 0 Å². The molecule has 0 atom stereocenters. The topological polar surface area (TPSA) is 57.4 Å². The Morgan fingerprint density at radius 3 is 1.39 bits per heavy atom. The van der Waals surface area contributed by atoms with Gasteiger partial charge < -0.3 is 0 Å². The van der Waals surface area contributed by atoms with Crippen molar-refractivity contribution in [1.82, 2.24) is 20.4 Å². The van der Waals surface area contributed by atoms with Gasteiger partial charge in [0.25, 0.3) is 0 Å². The van der Waals surface area contributed by atoms with E-state index in [9.17, 15) is 0 Å². The lowest BCUT2D eigenvalue weighted by molar-refractivity contribution is 1.00. The van der Waals surface area contributed by atoms with E-state index in [1.54, 1.807) is 23.5 Å². The third-order valence-electron chi connectivity index (χ3n) is 3.25. The van der Waals surface area contributed by atoms with Gasteiger partial charge in [0.2, 0.25) is 0 Å². The first-order valence-electron chi connectivity index (χ1n) is 8.13. The predicted molar refractivity (Wildman–Crippen MR) is 127 cm³/mol. The Hall–Kier alpha value is -1.30. The van der Waals surface area contributed by atoms with Gasteiger partial charge in [0.05, 0.1) is 0 Å². The summed E-state index contributed by atoms with van der Waals surface area (Å²) in [6.45, 7) is 0. The van der Waals surface area contributed by atoms with Crippen LogP contribution in [0.5, 0.6) is 0 Å². The summed E-state index contributed by atoms with van der Waals surface area (Å²) in [5, 5.41) is 13.7. The number of nitrogens with one attached hydrogen (secondary N) is 2. The number of hydrogen-bond donors (Lipinski definition) is 2. The van der Waals surface area contributed by atoms with Crippen molar-refractivity contribution in [1.29, 1.82) is 0 Å². The fourth-order valence-corrected chi connectivity index (χ4v) is 6.07. The molecule has 144 valence electrons. The number of benzene rings is 2. The van der Waals surface area contributed by atoms with Crippen molar-refractivity contribution in [3.05, 3.63) is 79.7 Å². The second kappa shape index (κ2) is 11.6. The molecule has 4 aromatic rings. The largest absolute Gasteiger partial charge is 0.257 e. The van der Waals surface area contributed by atoms with Crippen LogP contribution >= 0.6 is 70.6 Å². The molecule has 0 fully saturated rings. The normalized spacial score (nSPS) is 10.3. The number of hydrogen-bond acceptors (Lipinski definition) is 8. The molecule has 0 aliphatic rings. The van der Waals surface area contributed by atoms with Crippen molar-refractivity contribution in [3.8, 4) is 0 Å². The van der Waals surface area contributed by atoms with E-state index < -0.39 is 0 Å². The molecule has 0 radical (unpaired) electrons. The van der Waals surface area contributed by atoms with Gasteiger partial charge in [0, 0.05) is 11.5 Å². The molecule has 0 bridgehead atoms. The molecule has 0 amide bonds. The number of rotatable bonds is 6. The maximum absolute atomic E-state index is 4.95. The van der Waals surface area contributed by atoms with Crippen LogP contribution in [0.2, 0.25) is 0 Å². The zero-order chi connectivity index (χ0) is 19.6. The van der Waals surface area contributed by atoms with Gasteiger partial charge in [-0.25, -0.2) is 0 Å². The first-order chi connectivity index (χ1) is 13.7. The smallest absolute Gasteiger partial charge is 0.177 e. The quantitative estimate of drug-likeness (QED) is 0.229. The molecular weight excluding hydrogens is 465 g/mol. The van der Waals surface area contributed by atoms with E-state index in [-0.39, 0.29) is 0 Å². The summed E-state index contributed by atoms with van der Waals surface area (Å²) in [7, 11) is 0. The summed E-state index contributed by atoms with van der Waals surface area (Å²) in [4.78, 5) is 0. The fourth-order valence-electron chi connectivity index (χ4n) is 1.99. The Morgan fingerprint density at radius 2 is 1.07 bits per heavy atom. The van der Waals surface area contributed by atoms with Gasteiger partial charge in [-0.1, -0.05) is 107 Å². The van der Waals surface area contributed by atoms with Gasteiger partial charge in [-0.2, -0.15) is 10.2 Å². The third kappa shape index (κ3) is 7.61. The second-order valence-corrected chi connectivity index (χ2v) is 11.1. The lowest BCUT2D eigenvalue weighted by Crippen LogP contribution is -1.78. The molecule has 2 aromatic heterocycles. The molecule has 10 heteroatoms. The van der Waals surface area contributed by atoms with E-state index in [0.717, 1.165) is 28.1 Å². The number of thioether (sulfide) groups is 2. The Balaban J connectivity index is 0.000000161. The maximum atomic E-state index is 4.95. The Kier molecular flexibility index (Phi) is 8.90. The van der Waals surface area contributed by atoms with E-state index >= 15 is 0 Å². The molecule has 28 heavy (non-hydrogen) atoms. The van der Waals surface area contributed by atoms with E-state index in [0.29, 0.717) is 0 Å². The molecule has 0 spiro atoms. The summed E-state index contributed by atoms with van der Waals surface area (Å²) < 4.78 is 3.47.